The minimum absolute atomic E-state index is 0.170. The largest absolute Gasteiger partial charge is 0.695 e. The fraction of sp³-hybridized carbons (Fsp3) is 0.300. The third-order valence-corrected chi connectivity index (χ3v) is 2.22. The Morgan fingerprint density at radius 2 is 2.00 bits per heavy atom. The first-order valence-electron chi connectivity index (χ1n) is 4.53. The molecule has 0 amide bonds. The van der Waals surface area contributed by atoms with Crippen LogP contribution in [0.25, 0.3) is 0 Å². The zero-order chi connectivity index (χ0) is 11.1. The number of Topliss-reactive ketones (excluding diaryl/α,β-unsaturated/α-hetero) is 1. The standard InChI is InChI=1S/C10H11O4P/c11-10(8-14-15(12)13)7-6-9-4-2-1-3-5-9/h1-5H,6-8H2/p+1. The number of carbonyl (C=O) groups is 1. The summed E-state index contributed by atoms with van der Waals surface area (Å²) in [5.41, 5.74) is 1.07. The van der Waals surface area contributed by atoms with Gasteiger partial charge in [-0.3, -0.25) is 4.79 Å². The molecule has 5 heteroatoms. The van der Waals surface area contributed by atoms with Gasteiger partial charge in [0.25, 0.3) is 0 Å². The average Bonchev–Trinajstić information content (AvgIpc) is 2.25. The number of carbonyl (C=O) groups excluding carboxylic acids is 1. The predicted octanol–water partition coefficient (Wildman–Crippen LogP) is 1.85. The highest BCUT2D eigenvalue weighted by Gasteiger charge is 2.15. The summed E-state index contributed by atoms with van der Waals surface area (Å²) < 4.78 is 14.5. The highest BCUT2D eigenvalue weighted by Crippen LogP contribution is 2.14. The van der Waals surface area contributed by atoms with Crippen molar-refractivity contribution in [3.8, 4) is 0 Å². The van der Waals surface area contributed by atoms with Crippen LogP contribution in [-0.2, 0) is 20.3 Å². The van der Waals surface area contributed by atoms with E-state index in [9.17, 15) is 9.36 Å². The van der Waals surface area contributed by atoms with E-state index in [-0.39, 0.29) is 12.4 Å². The maximum Gasteiger partial charge on any atom is 0.695 e. The molecule has 1 N–H and O–H groups in total. The number of hydrogen-bond acceptors (Lipinski definition) is 3. The molecule has 1 aromatic rings. The van der Waals surface area contributed by atoms with Crippen molar-refractivity contribution in [2.24, 2.45) is 0 Å². The van der Waals surface area contributed by atoms with Crippen LogP contribution in [0.3, 0.4) is 0 Å². The zero-order valence-electron chi connectivity index (χ0n) is 8.13. The molecule has 4 nitrogen and oxygen atoms in total. The zero-order valence-corrected chi connectivity index (χ0v) is 9.02. The van der Waals surface area contributed by atoms with Gasteiger partial charge in [0.2, 0.25) is 0 Å². The summed E-state index contributed by atoms with van der Waals surface area (Å²) in [5, 5.41) is 0. The maximum atomic E-state index is 11.2. The van der Waals surface area contributed by atoms with Crippen LogP contribution in [0.1, 0.15) is 12.0 Å². The summed E-state index contributed by atoms with van der Waals surface area (Å²) in [7, 11) is -2.67. The number of ketones is 1. The highest BCUT2D eigenvalue weighted by atomic mass is 31.1. The van der Waals surface area contributed by atoms with Crippen molar-refractivity contribution in [2.75, 3.05) is 6.61 Å². The van der Waals surface area contributed by atoms with E-state index in [0.29, 0.717) is 12.8 Å². The van der Waals surface area contributed by atoms with Crippen LogP contribution in [0.4, 0.5) is 0 Å². The van der Waals surface area contributed by atoms with Gasteiger partial charge < -0.3 is 0 Å². The number of rotatable bonds is 6. The van der Waals surface area contributed by atoms with Crippen LogP contribution in [0, 0.1) is 0 Å². The van der Waals surface area contributed by atoms with Gasteiger partial charge in [0.05, 0.1) is 0 Å². The molecule has 15 heavy (non-hydrogen) atoms. The van der Waals surface area contributed by atoms with Crippen LogP contribution in [-0.4, -0.2) is 17.3 Å². The van der Waals surface area contributed by atoms with Crippen molar-refractivity contribution in [3.63, 3.8) is 0 Å². The summed E-state index contributed by atoms with van der Waals surface area (Å²) in [6, 6.07) is 9.58. The van der Waals surface area contributed by atoms with E-state index >= 15 is 0 Å². The second-order valence-electron chi connectivity index (χ2n) is 3.04. The molecule has 0 fully saturated rings. The first kappa shape index (κ1) is 12.0. The van der Waals surface area contributed by atoms with Gasteiger partial charge in [-0.1, -0.05) is 30.3 Å². The lowest BCUT2D eigenvalue weighted by Gasteiger charge is -1.98. The molecule has 0 aromatic heterocycles. The molecule has 0 heterocycles. The summed E-state index contributed by atoms with van der Waals surface area (Å²) >= 11 is 0. The molecule has 0 saturated carbocycles. The van der Waals surface area contributed by atoms with E-state index < -0.39 is 8.25 Å². The number of benzene rings is 1. The lowest BCUT2D eigenvalue weighted by atomic mass is 10.1. The topological polar surface area (TPSA) is 63.6 Å². The van der Waals surface area contributed by atoms with Gasteiger partial charge in [0.1, 0.15) is 0 Å². The third kappa shape index (κ3) is 5.37. The van der Waals surface area contributed by atoms with Gasteiger partial charge in [-0.15, -0.1) is 9.42 Å². The van der Waals surface area contributed by atoms with Crippen molar-refractivity contribution in [3.05, 3.63) is 35.9 Å². The Morgan fingerprint density at radius 3 is 2.60 bits per heavy atom. The van der Waals surface area contributed by atoms with Gasteiger partial charge in [0, 0.05) is 11.0 Å². The molecule has 0 saturated heterocycles. The Bertz CT molecular complexity index is 337. The van der Waals surface area contributed by atoms with Crippen LogP contribution < -0.4 is 0 Å². The normalized spacial score (nSPS) is 11.1. The summed E-state index contributed by atoms with van der Waals surface area (Å²) in [6.45, 7) is -0.293. The van der Waals surface area contributed by atoms with Gasteiger partial charge in [0.15, 0.2) is 12.4 Å². The molecule has 0 aliphatic rings. The Labute approximate surface area is 88.8 Å². The van der Waals surface area contributed by atoms with Gasteiger partial charge in [-0.25, -0.2) is 0 Å². The first-order valence-corrected chi connectivity index (χ1v) is 5.66. The van der Waals surface area contributed by atoms with E-state index in [4.69, 9.17) is 4.89 Å². The van der Waals surface area contributed by atoms with Crippen molar-refractivity contribution in [2.45, 2.75) is 12.8 Å². The maximum absolute atomic E-state index is 11.2. The summed E-state index contributed by atoms with van der Waals surface area (Å²) in [5.74, 6) is -0.170. The summed E-state index contributed by atoms with van der Waals surface area (Å²) in [6.07, 6.45) is 0.957. The average molecular weight is 227 g/mol. The molecule has 1 rings (SSSR count). The first-order chi connectivity index (χ1) is 7.18. The minimum Gasteiger partial charge on any atom is -0.297 e. The lowest BCUT2D eigenvalue weighted by molar-refractivity contribution is -0.121. The number of hydrogen-bond donors (Lipinski definition) is 1. The molecule has 0 aliphatic heterocycles. The van der Waals surface area contributed by atoms with E-state index in [2.05, 4.69) is 4.52 Å². The molecule has 1 aromatic carbocycles. The lowest BCUT2D eigenvalue weighted by Crippen LogP contribution is -2.06. The van der Waals surface area contributed by atoms with Crippen LogP contribution >= 0.6 is 8.25 Å². The highest BCUT2D eigenvalue weighted by molar-refractivity contribution is 7.32. The van der Waals surface area contributed by atoms with Crippen LogP contribution in [0.15, 0.2) is 30.3 Å². The Kier molecular flexibility index (Phi) is 5.12. The Morgan fingerprint density at radius 1 is 1.33 bits per heavy atom. The Hall–Kier alpha value is -1.09. The number of aryl methyl sites for hydroxylation is 1. The molecule has 1 atom stereocenters. The van der Waals surface area contributed by atoms with Gasteiger partial charge >= 0.3 is 8.25 Å². The SMILES string of the molecule is O=C(CCc1ccccc1)CO[P+](=O)O. The van der Waals surface area contributed by atoms with Crippen molar-refractivity contribution in [1.29, 1.82) is 0 Å². The molecular formula is C10H12O4P+. The molecule has 0 bridgehead atoms. The fourth-order valence-corrected chi connectivity index (χ4v) is 1.38. The fourth-order valence-electron chi connectivity index (χ4n) is 1.13. The second kappa shape index (κ2) is 6.40. The second-order valence-corrected chi connectivity index (χ2v) is 3.77. The van der Waals surface area contributed by atoms with Crippen molar-refractivity contribution >= 4 is 14.0 Å². The van der Waals surface area contributed by atoms with Gasteiger partial charge in [-0.05, 0) is 12.0 Å². The van der Waals surface area contributed by atoms with E-state index in [1.54, 1.807) is 0 Å². The molecule has 0 aliphatic carbocycles. The van der Waals surface area contributed by atoms with E-state index in [0.717, 1.165) is 5.56 Å². The molecule has 1 unspecified atom stereocenters. The minimum atomic E-state index is -2.67. The smallest absolute Gasteiger partial charge is 0.297 e. The van der Waals surface area contributed by atoms with Gasteiger partial charge in [-0.2, -0.15) is 0 Å². The molecular weight excluding hydrogens is 215 g/mol. The van der Waals surface area contributed by atoms with Crippen molar-refractivity contribution < 1.29 is 18.8 Å². The quantitative estimate of drug-likeness (QED) is 0.753. The Balaban J connectivity index is 2.26. The third-order valence-electron chi connectivity index (χ3n) is 1.87. The monoisotopic (exact) mass is 227 g/mol. The predicted molar refractivity (Wildman–Crippen MR) is 55.5 cm³/mol. The van der Waals surface area contributed by atoms with Crippen LogP contribution in [0.5, 0.6) is 0 Å². The molecule has 0 spiro atoms. The molecule has 80 valence electrons. The van der Waals surface area contributed by atoms with E-state index in [1.807, 2.05) is 30.3 Å². The van der Waals surface area contributed by atoms with Crippen LogP contribution in [0.2, 0.25) is 0 Å². The summed E-state index contributed by atoms with van der Waals surface area (Å²) in [4.78, 5) is 19.5. The molecule has 0 radical (unpaired) electrons. The van der Waals surface area contributed by atoms with Crippen molar-refractivity contribution in [1.82, 2.24) is 0 Å². The van der Waals surface area contributed by atoms with E-state index in [1.165, 1.54) is 0 Å².